The lowest BCUT2D eigenvalue weighted by molar-refractivity contribution is -0.902. The zero-order valence-electron chi connectivity index (χ0n) is 16.1. The van der Waals surface area contributed by atoms with E-state index in [0.717, 1.165) is 28.8 Å². The van der Waals surface area contributed by atoms with Gasteiger partial charge in [0.15, 0.2) is 11.0 Å². The Kier molecular flexibility index (Phi) is 6.29. The number of phenolic OH excluding ortho intramolecular Hbond substituents is 1. The van der Waals surface area contributed by atoms with E-state index in [-0.39, 0.29) is 5.75 Å². The normalized spacial score (nSPS) is 15.0. The van der Waals surface area contributed by atoms with Gasteiger partial charge in [0.25, 0.3) is 0 Å². The molecule has 28 heavy (non-hydrogen) atoms. The average molecular weight is 396 g/mol. The van der Waals surface area contributed by atoms with Gasteiger partial charge < -0.3 is 10.0 Å². The van der Waals surface area contributed by atoms with Gasteiger partial charge in [0.05, 0.1) is 31.9 Å². The minimum Gasteiger partial charge on any atom is -0.508 e. The van der Waals surface area contributed by atoms with Crippen LogP contribution in [0.15, 0.2) is 59.8 Å². The van der Waals surface area contributed by atoms with Gasteiger partial charge in [-0.25, -0.2) is 0 Å². The molecule has 0 amide bonds. The molecule has 1 aromatic heterocycles. The van der Waals surface area contributed by atoms with Crippen molar-refractivity contribution in [2.24, 2.45) is 0 Å². The van der Waals surface area contributed by atoms with Crippen LogP contribution >= 0.6 is 11.8 Å². The lowest BCUT2D eigenvalue weighted by Gasteiger charge is -2.23. The third kappa shape index (κ3) is 4.75. The summed E-state index contributed by atoms with van der Waals surface area (Å²) in [5, 5.41) is 19.5. The molecule has 0 aliphatic carbocycles. The minimum atomic E-state index is 0.261. The van der Waals surface area contributed by atoms with Crippen molar-refractivity contribution in [1.29, 1.82) is 0 Å². The second-order valence-corrected chi connectivity index (χ2v) is 8.40. The van der Waals surface area contributed by atoms with Crippen LogP contribution in [-0.4, -0.2) is 45.3 Å². The van der Waals surface area contributed by atoms with Crippen molar-refractivity contribution in [3.8, 4) is 17.1 Å². The zero-order chi connectivity index (χ0) is 19.2. The highest BCUT2D eigenvalue weighted by Crippen LogP contribution is 2.26. The molecule has 5 nitrogen and oxygen atoms in total. The summed E-state index contributed by atoms with van der Waals surface area (Å²) < 4.78 is 2.19. The van der Waals surface area contributed by atoms with Crippen LogP contribution in [0.3, 0.4) is 0 Å². The fraction of sp³-hybridized carbons (Fsp3) is 0.364. The molecule has 0 spiro atoms. The molecule has 0 bridgehead atoms. The predicted octanol–water partition coefficient (Wildman–Crippen LogP) is 2.86. The Morgan fingerprint density at radius 1 is 0.929 bits per heavy atom. The number of quaternary nitrogens is 1. The van der Waals surface area contributed by atoms with Crippen LogP contribution in [0.2, 0.25) is 0 Å². The van der Waals surface area contributed by atoms with Crippen LogP contribution in [0.1, 0.15) is 24.8 Å². The maximum absolute atomic E-state index is 9.60. The smallest absolute Gasteiger partial charge is 0.192 e. The monoisotopic (exact) mass is 395 g/mol. The Morgan fingerprint density at radius 3 is 2.43 bits per heavy atom. The van der Waals surface area contributed by atoms with Crippen molar-refractivity contribution < 1.29 is 10.0 Å². The van der Waals surface area contributed by atoms with Crippen LogP contribution in [-0.2, 0) is 6.54 Å². The Hall–Kier alpha value is -2.31. The highest BCUT2D eigenvalue weighted by atomic mass is 32.2. The molecule has 0 radical (unpaired) electrons. The van der Waals surface area contributed by atoms with E-state index in [1.54, 1.807) is 28.8 Å². The first-order valence-corrected chi connectivity index (χ1v) is 11.0. The Bertz CT molecular complexity index is 873. The minimum absolute atomic E-state index is 0.261. The molecule has 1 saturated heterocycles. The van der Waals surface area contributed by atoms with Gasteiger partial charge in [0.2, 0.25) is 0 Å². The van der Waals surface area contributed by atoms with E-state index in [2.05, 4.69) is 39.0 Å². The van der Waals surface area contributed by atoms with Gasteiger partial charge in [-0.3, -0.25) is 4.57 Å². The van der Waals surface area contributed by atoms with Crippen LogP contribution in [0.4, 0.5) is 0 Å². The van der Waals surface area contributed by atoms with Crippen LogP contribution in [0.25, 0.3) is 11.4 Å². The van der Waals surface area contributed by atoms with Crippen molar-refractivity contribution in [2.75, 3.05) is 25.4 Å². The second-order valence-electron chi connectivity index (χ2n) is 7.33. The Labute approximate surface area is 170 Å². The van der Waals surface area contributed by atoms with Gasteiger partial charge in [-0.2, -0.15) is 0 Å². The maximum atomic E-state index is 9.60. The molecule has 2 N–H and O–H groups in total. The zero-order valence-corrected chi connectivity index (χ0v) is 16.9. The number of hydrogen-bond acceptors (Lipinski definition) is 4. The van der Waals surface area contributed by atoms with Crippen LogP contribution in [0.5, 0.6) is 5.75 Å². The summed E-state index contributed by atoms with van der Waals surface area (Å²) in [5.41, 5.74) is 2.19. The van der Waals surface area contributed by atoms with Gasteiger partial charge in [-0.15, -0.1) is 10.2 Å². The summed E-state index contributed by atoms with van der Waals surface area (Å²) in [6.45, 7) is 4.52. The van der Waals surface area contributed by atoms with E-state index >= 15 is 0 Å². The number of likely N-dealkylation sites (tertiary alicyclic amines) is 1. The maximum Gasteiger partial charge on any atom is 0.192 e. The number of piperidine rings is 1. The second kappa shape index (κ2) is 9.26. The van der Waals surface area contributed by atoms with Crippen molar-refractivity contribution in [3.63, 3.8) is 0 Å². The largest absolute Gasteiger partial charge is 0.508 e. The molecule has 2 heterocycles. The van der Waals surface area contributed by atoms with Crippen molar-refractivity contribution >= 4 is 11.8 Å². The lowest BCUT2D eigenvalue weighted by atomic mass is 10.1. The van der Waals surface area contributed by atoms with E-state index in [9.17, 15) is 5.11 Å². The van der Waals surface area contributed by atoms with E-state index in [0.29, 0.717) is 0 Å². The summed E-state index contributed by atoms with van der Waals surface area (Å²) in [4.78, 5) is 1.71. The first-order valence-electron chi connectivity index (χ1n) is 10.0. The number of thioether (sulfide) groups is 1. The fourth-order valence-electron chi connectivity index (χ4n) is 3.72. The van der Waals surface area contributed by atoms with Gasteiger partial charge in [0.1, 0.15) is 5.75 Å². The molecule has 2 aromatic carbocycles. The Morgan fingerprint density at radius 2 is 1.68 bits per heavy atom. The van der Waals surface area contributed by atoms with Gasteiger partial charge in [-0.05, 0) is 49.1 Å². The molecular formula is C22H27N4OS+. The third-order valence-electron chi connectivity index (χ3n) is 5.27. The molecule has 0 atom stereocenters. The SMILES string of the molecule is Oc1ccc(-c2nnc(SCC[NH+]3CCCCC3)n2Cc2ccccc2)cc1. The molecular weight excluding hydrogens is 368 g/mol. The number of aromatic nitrogens is 3. The first kappa shape index (κ1) is 19.0. The van der Waals surface area contributed by atoms with Gasteiger partial charge >= 0.3 is 0 Å². The topological polar surface area (TPSA) is 55.4 Å². The number of rotatable bonds is 7. The predicted molar refractivity (Wildman–Crippen MR) is 113 cm³/mol. The van der Waals surface area contributed by atoms with Crippen LogP contribution in [0, 0.1) is 0 Å². The summed E-state index contributed by atoms with van der Waals surface area (Å²) in [6, 6.07) is 17.6. The number of phenols is 1. The molecule has 6 heteroatoms. The Balaban J connectivity index is 1.53. The van der Waals surface area contributed by atoms with E-state index in [1.807, 2.05) is 18.2 Å². The molecule has 0 saturated carbocycles. The number of aromatic hydroxyl groups is 1. The summed E-state index contributed by atoms with van der Waals surface area (Å²) in [6.07, 6.45) is 4.10. The number of nitrogens with zero attached hydrogens (tertiary/aromatic N) is 3. The molecule has 1 aliphatic rings. The number of nitrogens with one attached hydrogen (secondary N) is 1. The number of hydrogen-bond donors (Lipinski definition) is 2. The fourth-order valence-corrected chi connectivity index (χ4v) is 4.70. The summed E-state index contributed by atoms with van der Waals surface area (Å²) >= 11 is 1.80. The van der Waals surface area contributed by atoms with Gasteiger partial charge in [0, 0.05) is 5.56 Å². The van der Waals surface area contributed by atoms with Crippen LogP contribution < -0.4 is 4.90 Å². The standard InChI is InChI=1S/C22H26N4OS/c27-20-11-9-19(10-12-20)21-23-24-22(26(21)17-18-7-3-1-4-8-18)28-16-15-25-13-5-2-6-14-25/h1,3-4,7-12,27H,2,5-6,13-17H2/p+1. The highest BCUT2D eigenvalue weighted by Gasteiger charge is 2.17. The summed E-state index contributed by atoms with van der Waals surface area (Å²) in [5.74, 6) is 2.16. The lowest BCUT2D eigenvalue weighted by Crippen LogP contribution is -3.13. The molecule has 3 aromatic rings. The third-order valence-corrected chi connectivity index (χ3v) is 6.24. The first-order chi connectivity index (χ1) is 13.8. The molecule has 146 valence electrons. The van der Waals surface area contributed by atoms with Crippen molar-refractivity contribution in [3.05, 3.63) is 60.2 Å². The van der Waals surface area contributed by atoms with Crippen molar-refractivity contribution in [1.82, 2.24) is 14.8 Å². The highest BCUT2D eigenvalue weighted by molar-refractivity contribution is 7.99. The summed E-state index contributed by atoms with van der Waals surface area (Å²) in [7, 11) is 0. The van der Waals surface area contributed by atoms with E-state index < -0.39 is 0 Å². The van der Waals surface area contributed by atoms with E-state index in [1.165, 1.54) is 44.5 Å². The molecule has 4 rings (SSSR count). The molecule has 1 fully saturated rings. The number of benzene rings is 2. The van der Waals surface area contributed by atoms with Gasteiger partial charge in [-0.1, -0.05) is 42.1 Å². The quantitative estimate of drug-likeness (QED) is 0.604. The molecule has 1 aliphatic heterocycles. The average Bonchev–Trinajstić information content (AvgIpc) is 3.13. The van der Waals surface area contributed by atoms with Crippen molar-refractivity contribution in [2.45, 2.75) is 31.0 Å². The molecule has 0 unspecified atom stereocenters. The van der Waals surface area contributed by atoms with E-state index in [4.69, 9.17) is 0 Å².